The highest BCUT2D eigenvalue weighted by atomic mass is 15.3. The Morgan fingerprint density at radius 3 is 1.50 bits per heavy atom. The number of fused-ring (bicyclic) bond motifs is 7. The van der Waals surface area contributed by atoms with Gasteiger partial charge in [0.2, 0.25) is 6.29 Å². The van der Waals surface area contributed by atoms with E-state index in [1.54, 1.807) is 0 Å². The van der Waals surface area contributed by atoms with Crippen molar-refractivity contribution >= 4 is 55.3 Å². The molecule has 0 aliphatic carbocycles. The number of amidine groups is 2. The van der Waals surface area contributed by atoms with Gasteiger partial charge in [0, 0.05) is 49.5 Å². The largest absolute Gasteiger partial charge is 0.331 e. The molecule has 1 aliphatic heterocycles. The van der Waals surface area contributed by atoms with Crippen LogP contribution in [0.4, 0.5) is 0 Å². The van der Waals surface area contributed by atoms with Gasteiger partial charge in [0.15, 0.2) is 5.84 Å². The van der Waals surface area contributed by atoms with Crippen LogP contribution in [0.1, 0.15) is 17.4 Å². The van der Waals surface area contributed by atoms with Gasteiger partial charge in [0.25, 0.3) is 0 Å². The third kappa shape index (κ3) is 6.69. The SMILES string of the molecule is c1ccc(C2=NC(n3c4ccccc4c4ccc5c6ccccc6n(-c6ccc(-c7cc(-c8ccccc8-c8ccccc8)cc(-c8ccccc8)n7)cc6)c5c43)NC(c3ccccc3)=N2)cc1. The molecule has 68 heavy (non-hydrogen) atoms. The average Bonchev–Trinajstić information content (AvgIpc) is 3.95. The fourth-order valence-corrected chi connectivity index (χ4v) is 10.1. The van der Waals surface area contributed by atoms with Crippen LogP contribution in [0.5, 0.6) is 0 Å². The normalized spacial score (nSPS) is 13.7. The number of hydrogen-bond donors (Lipinski definition) is 1. The van der Waals surface area contributed by atoms with Crippen molar-refractivity contribution < 1.29 is 0 Å². The van der Waals surface area contributed by atoms with Crippen LogP contribution in [0.2, 0.25) is 0 Å². The zero-order chi connectivity index (χ0) is 45.0. The minimum atomic E-state index is -0.510. The molecule has 0 bridgehead atoms. The lowest BCUT2D eigenvalue weighted by Gasteiger charge is -2.26. The lowest BCUT2D eigenvalue weighted by Crippen LogP contribution is -2.36. The van der Waals surface area contributed by atoms with E-state index in [-0.39, 0.29) is 0 Å². The van der Waals surface area contributed by atoms with Crippen molar-refractivity contribution in [2.24, 2.45) is 9.98 Å². The highest BCUT2D eigenvalue weighted by molar-refractivity contribution is 6.23. The predicted molar refractivity (Wildman–Crippen MR) is 281 cm³/mol. The van der Waals surface area contributed by atoms with E-state index in [4.69, 9.17) is 15.0 Å². The van der Waals surface area contributed by atoms with E-state index in [0.29, 0.717) is 5.84 Å². The number of rotatable bonds is 8. The van der Waals surface area contributed by atoms with Gasteiger partial charge in [0.05, 0.1) is 33.5 Å². The summed E-state index contributed by atoms with van der Waals surface area (Å²) in [7, 11) is 0. The maximum absolute atomic E-state index is 5.42. The summed E-state index contributed by atoms with van der Waals surface area (Å²) in [5, 5.41) is 8.46. The number of hydrogen-bond acceptors (Lipinski definition) is 4. The van der Waals surface area contributed by atoms with Crippen LogP contribution in [0.15, 0.2) is 253 Å². The molecule has 4 heterocycles. The summed E-state index contributed by atoms with van der Waals surface area (Å²) in [5.74, 6) is 1.45. The summed E-state index contributed by atoms with van der Waals surface area (Å²) in [6.45, 7) is 0. The van der Waals surface area contributed by atoms with E-state index in [9.17, 15) is 0 Å². The molecule has 320 valence electrons. The highest BCUT2D eigenvalue weighted by Gasteiger charge is 2.27. The van der Waals surface area contributed by atoms with Gasteiger partial charge >= 0.3 is 0 Å². The monoisotopic (exact) mass is 870 g/mol. The summed E-state index contributed by atoms with van der Waals surface area (Å²) in [4.78, 5) is 15.9. The molecule has 12 aromatic rings. The number of aromatic nitrogens is 3. The van der Waals surface area contributed by atoms with Gasteiger partial charge in [-0.25, -0.2) is 15.0 Å². The molecular formula is C62H42N6. The zero-order valence-corrected chi connectivity index (χ0v) is 36.9. The minimum Gasteiger partial charge on any atom is -0.331 e. The smallest absolute Gasteiger partial charge is 0.204 e. The second-order valence-electron chi connectivity index (χ2n) is 17.2. The molecule has 1 unspecified atom stereocenters. The van der Waals surface area contributed by atoms with Crippen molar-refractivity contribution in [3.63, 3.8) is 0 Å². The van der Waals surface area contributed by atoms with Crippen LogP contribution in [-0.4, -0.2) is 25.8 Å². The standard InChI is InChI=1S/C62H42N6/c1-5-19-41(20-6-1)48-27-13-14-28-49(48)46-39-54(42-21-7-2-8-22-42)63-55(40-46)43-33-35-47(36-34-43)67-56-31-17-15-29-50(56)52-37-38-53-51-30-16-18-32-57(51)68(59(53)58(52)67)62-65-60(44-23-9-3-10-24-44)64-61(66-62)45-25-11-4-12-26-45/h1-40,62H,(H,64,65,66). The van der Waals surface area contributed by atoms with Gasteiger partial charge in [-0.05, 0) is 58.7 Å². The second kappa shape index (κ2) is 16.4. The number of pyridine rings is 1. The zero-order valence-electron chi connectivity index (χ0n) is 36.9. The second-order valence-corrected chi connectivity index (χ2v) is 17.2. The Balaban J connectivity index is 1.01. The van der Waals surface area contributed by atoms with Crippen LogP contribution in [0.25, 0.3) is 94.1 Å². The lowest BCUT2D eigenvalue weighted by atomic mass is 9.93. The molecule has 6 heteroatoms. The van der Waals surface area contributed by atoms with E-state index < -0.39 is 6.29 Å². The van der Waals surface area contributed by atoms with Gasteiger partial charge < -0.3 is 9.88 Å². The van der Waals surface area contributed by atoms with Crippen molar-refractivity contribution in [1.82, 2.24) is 19.4 Å². The van der Waals surface area contributed by atoms with Gasteiger partial charge in [-0.2, -0.15) is 0 Å². The molecule has 0 saturated carbocycles. The number of para-hydroxylation sites is 2. The topological polar surface area (TPSA) is 59.5 Å². The number of benzene rings is 9. The van der Waals surface area contributed by atoms with Gasteiger partial charge in [-0.15, -0.1) is 0 Å². The summed E-state index contributed by atoms with van der Waals surface area (Å²) in [6, 6.07) is 85.7. The first-order chi connectivity index (χ1) is 33.7. The van der Waals surface area contributed by atoms with E-state index in [1.165, 1.54) is 21.9 Å². The molecule has 0 saturated heterocycles. The fourth-order valence-electron chi connectivity index (χ4n) is 10.1. The van der Waals surface area contributed by atoms with Crippen LogP contribution in [0.3, 0.4) is 0 Å². The first kappa shape index (κ1) is 39.3. The lowest BCUT2D eigenvalue weighted by molar-refractivity contribution is 0.516. The molecule has 1 atom stereocenters. The maximum Gasteiger partial charge on any atom is 0.204 e. The highest BCUT2D eigenvalue weighted by Crippen LogP contribution is 2.43. The average molecular weight is 871 g/mol. The Hall–Kier alpha value is -9.13. The van der Waals surface area contributed by atoms with Gasteiger partial charge in [-0.3, -0.25) is 4.57 Å². The predicted octanol–water partition coefficient (Wildman–Crippen LogP) is 14.9. The molecular weight excluding hydrogens is 829 g/mol. The Morgan fingerprint density at radius 1 is 0.368 bits per heavy atom. The van der Waals surface area contributed by atoms with Crippen molar-refractivity contribution in [2.45, 2.75) is 6.29 Å². The van der Waals surface area contributed by atoms with E-state index in [1.807, 2.05) is 24.3 Å². The van der Waals surface area contributed by atoms with E-state index in [0.717, 1.165) is 89.1 Å². The minimum absolute atomic E-state index is 0.510. The molecule has 0 amide bonds. The van der Waals surface area contributed by atoms with Crippen molar-refractivity contribution in [2.75, 3.05) is 0 Å². The quantitative estimate of drug-likeness (QED) is 0.165. The van der Waals surface area contributed by atoms with Crippen LogP contribution < -0.4 is 5.32 Å². The molecule has 13 rings (SSSR count). The van der Waals surface area contributed by atoms with Crippen molar-refractivity contribution in [3.8, 4) is 50.5 Å². The molecule has 0 fully saturated rings. The van der Waals surface area contributed by atoms with Crippen LogP contribution >= 0.6 is 0 Å². The van der Waals surface area contributed by atoms with Crippen LogP contribution in [0, 0.1) is 0 Å². The van der Waals surface area contributed by atoms with E-state index >= 15 is 0 Å². The van der Waals surface area contributed by atoms with Gasteiger partial charge in [-0.1, -0.05) is 206 Å². The maximum atomic E-state index is 5.42. The first-order valence-corrected chi connectivity index (χ1v) is 23.1. The van der Waals surface area contributed by atoms with Crippen molar-refractivity contribution in [3.05, 3.63) is 254 Å². The van der Waals surface area contributed by atoms with Crippen LogP contribution in [-0.2, 0) is 0 Å². The summed E-state index contributed by atoms with van der Waals surface area (Å²) in [6.07, 6.45) is -0.510. The third-order valence-corrected chi connectivity index (χ3v) is 13.2. The molecule has 6 nitrogen and oxygen atoms in total. The molecule has 1 N–H and O–H groups in total. The Bertz CT molecular complexity index is 3910. The number of aliphatic imine (C=N–C) groups is 2. The number of nitrogens with one attached hydrogen (secondary N) is 1. The summed E-state index contributed by atoms with van der Waals surface area (Å²) >= 11 is 0. The molecule has 0 spiro atoms. The molecule has 0 radical (unpaired) electrons. The fraction of sp³-hybridized carbons (Fsp3) is 0.0161. The van der Waals surface area contributed by atoms with E-state index in [2.05, 4.69) is 233 Å². The third-order valence-electron chi connectivity index (χ3n) is 13.2. The molecule has 9 aromatic carbocycles. The van der Waals surface area contributed by atoms with Gasteiger partial charge in [0.1, 0.15) is 5.84 Å². The molecule has 3 aromatic heterocycles. The Labute approximate surface area is 393 Å². The first-order valence-electron chi connectivity index (χ1n) is 23.1. The molecule has 1 aliphatic rings. The Kier molecular flexibility index (Phi) is 9.46. The summed E-state index contributed by atoms with van der Waals surface area (Å²) < 4.78 is 4.81. The summed E-state index contributed by atoms with van der Waals surface area (Å²) in [5.41, 5.74) is 16.0. The van der Waals surface area contributed by atoms with Crippen molar-refractivity contribution in [1.29, 1.82) is 0 Å². The number of nitrogens with zero attached hydrogens (tertiary/aromatic N) is 5. The Morgan fingerprint density at radius 2 is 0.853 bits per heavy atom.